The molecule has 0 radical (unpaired) electrons. The fourth-order valence-corrected chi connectivity index (χ4v) is 2.49. The van der Waals surface area contributed by atoms with Gasteiger partial charge in [-0.2, -0.15) is 5.10 Å². The molecule has 9 heteroatoms. The number of aliphatic hydroxyl groups excluding tert-OH is 1. The van der Waals surface area contributed by atoms with E-state index in [1.165, 1.54) is 17.1 Å². The van der Waals surface area contributed by atoms with Gasteiger partial charge in [0.1, 0.15) is 4.90 Å². The van der Waals surface area contributed by atoms with Crippen molar-refractivity contribution in [2.45, 2.75) is 11.4 Å². The van der Waals surface area contributed by atoms with Gasteiger partial charge in [-0.05, 0) is 7.05 Å². The number of nitrogens with zero attached hydrogens (tertiary/aromatic N) is 3. The van der Waals surface area contributed by atoms with Crippen LogP contribution in [0.3, 0.4) is 0 Å². The second-order valence-electron chi connectivity index (χ2n) is 4.36. The minimum atomic E-state index is -3.55. The van der Waals surface area contributed by atoms with E-state index in [4.69, 9.17) is 9.84 Å². The van der Waals surface area contributed by atoms with E-state index in [1.807, 2.05) is 11.9 Å². The number of aromatic nitrogens is 2. The van der Waals surface area contributed by atoms with Crippen molar-refractivity contribution in [1.29, 1.82) is 0 Å². The summed E-state index contributed by atoms with van der Waals surface area (Å²) in [6.07, 6.45) is 2.67. The van der Waals surface area contributed by atoms with Crippen molar-refractivity contribution in [1.82, 2.24) is 19.4 Å². The average molecular weight is 306 g/mol. The Bertz CT molecular complexity index is 488. The van der Waals surface area contributed by atoms with E-state index in [0.717, 1.165) is 6.54 Å². The lowest BCUT2D eigenvalue weighted by Gasteiger charge is -2.15. The van der Waals surface area contributed by atoms with Crippen LogP contribution in [-0.2, 0) is 21.3 Å². The molecule has 0 aliphatic carbocycles. The van der Waals surface area contributed by atoms with Gasteiger partial charge < -0.3 is 14.7 Å². The third kappa shape index (κ3) is 5.55. The summed E-state index contributed by atoms with van der Waals surface area (Å²) in [4.78, 5) is 2.08. The zero-order valence-corrected chi connectivity index (χ0v) is 12.6. The first-order chi connectivity index (χ1) is 9.49. The van der Waals surface area contributed by atoms with E-state index in [1.54, 1.807) is 7.11 Å². The summed E-state index contributed by atoms with van der Waals surface area (Å²) >= 11 is 0. The van der Waals surface area contributed by atoms with Crippen molar-refractivity contribution in [3.8, 4) is 0 Å². The van der Waals surface area contributed by atoms with Gasteiger partial charge in [-0.25, -0.2) is 13.1 Å². The third-order valence-electron chi connectivity index (χ3n) is 2.71. The van der Waals surface area contributed by atoms with Gasteiger partial charge in [-0.15, -0.1) is 0 Å². The number of hydrogen-bond acceptors (Lipinski definition) is 6. The Hall–Kier alpha value is -1.00. The normalized spacial score (nSPS) is 12.2. The molecule has 0 spiro atoms. The van der Waals surface area contributed by atoms with Crippen LogP contribution < -0.4 is 4.72 Å². The van der Waals surface area contributed by atoms with Gasteiger partial charge in [0.2, 0.25) is 10.0 Å². The van der Waals surface area contributed by atoms with Crippen LogP contribution >= 0.6 is 0 Å². The number of methoxy groups -OCH3 is 1. The zero-order chi connectivity index (χ0) is 15.0. The standard InChI is InChI=1S/C11H22N4O4S/c1-14(6-8-19-2)4-3-13-20(17,18)11-9-12-15(10-11)5-7-16/h9-10,13,16H,3-8H2,1-2H3. The summed E-state index contributed by atoms with van der Waals surface area (Å²) in [6.45, 7) is 2.44. The molecule has 0 aromatic carbocycles. The second kappa shape index (κ2) is 8.32. The van der Waals surface area contributed by atoms with Gasteiger partial charge >= 0.3 is 0 Å². The number of aliphatic hydroxyl groups is 1. The molecule has 0 aliphatic rings. The molecule has 1 heterocycles. The number of rotatable bonds is 10. The third-order valence-corrected chi connectivity index (χ3v) is 4.13. The molecule has 0 amide bonds. The van der Waals surface area contributed by atoms with E-state index in [2.05, 4.69) is 9.82 Å². The van der Waals surface area contributed by atoms with Crippen LogP contribution in [0.15, 0.2) is 17.3 Å². The summed E-state index contributed by atoms with van der Waals surface area (Å²) in [6, 6.07) is 0. The van der Waals surface area contributed by atoms with E-state index in [-0.39, 0.29) is 18.0 Å². The van der Waals surface area contributed by atoms with Crippen LogP contribution in [0.2, 0.25) is 0 Å². The average Bonchev–Trinajstić information content (AvgIpc) is 2.86. The Balaban J connectivity index is 2.44. The van der Waals surface area contributed by atoms with Crippen LogP contribution in [0, 0.1) is 0 Å². The Morgan fingerprint density at radius 3 is 2.90 bits per heavy atom. The van der Waals surface area contributed by atoms with E-state index in [0.29, 0.717) is 19.7 Å². The fourth-order valence-electron chi connectivity index (χ4n) is 1.52. The molecular weight excluding hydrogens is 284 g/mol. The smallest absolute Gasteiger partial charge is 0.243 e. The quantitative estimate of drug-likeness (QED) is 0.560. The van der Waals surface area contributed by atoms with Gasteiger partial charge in [0.25, 0.3) is 0 Å². The summed E-state index contributed by atoms with van der Waals surface area (Å²) < 4.78 is 32.8. The molecule has 0 atom stereocenters. The topological polar surface area (TPSA) is 96.7 Å². The van der Waals surface area contributed by atoms with E-state index in [9.17, 15) is 8.42 Å². The lowest BCUT2D eigenvalue weighted by atomic mass is 10.5. The van der Waals surface area contributed by atoms with Gasteiger partial charge in [-0.3, -0.25) is 4.68 Å². The van der Waals surface area contributed by atoms with E-state index >= 15 is 0 Å². The minimum absolute atomic E-state index is 0.0844. The molecule has 2 N–H and O–H groups in total. The monoisotopic (exact) mass is 306 g/mol. The first-order valence-corrected chi connectivity index (χ1v) is 7.78. The Kier molecular flexibility index (Phi) is 7.10. The predicted octanol–water partition coefficient (Wildman–Crippen LogP) is -1.27. The van der Waals surface area contributed by atoms with Crippen LogP contribution in [0.4, 0.5) is 0 Å². The molecule has 0 saturated heterocycles. The molecule has 0 unspecified atom stereocenters. The highest BCUT2D eigenvalue weighted by Crippen LogP contribution is 2.06. The number of sulfonamides is 1. The van der Waals surface area contributed by atoms with Crippen LogP contribution in [0.25, 0.3) is 0 Å². The van der Waals surface area contributed by atoms with Gasteiger partial charge in [-0.1, -0.05) is 0 Å². The summed E-state index contributed by atoms with van der Waals surface area (Å²) in [5.74, 6) is 0. The van der Waals surface area contributed by atoms with Crippen molar-refractivity contribution in [3.63, 3.8) is 0 Å². The fraction of sp³-hybridized carbons (Fsp3) is 0.727. The Morgan fingerprint density at radius 1 is 1.50 bits per heavy atom. The molecule has 8 nitrogen and oxygen atoms in total. The summed E-state index contributed by atoms with van der Waals surface area (Å²) in [7, 11) is -0.0258. The van der Waals surface area contributed by atoms with Crippen molar-refractivity contribution in [2.75, 3.05) is 47.0 Å². The number of likely N-dealkylation sites (N-methyl/N-ethyl adjacent to an activating group) is 1. The highest BCUT2D eigenvalue weighted by atomic mass is 32.2. The molecule has 1 aromatic heterocycles. The maximum absolute atomic E-state index is 12.0. The van der Waals surface area contributed by atoms with Gasteiger partial charge in [0, 0.05) is 32.9 Å². The molecule has 1 rings (SSSR count). The Labute approximate surface area is 119 Å². The van der Waals surface area contributed by atoms with Crippen molar-refractivity contribution in [3.05, 3.63) is 12.4 Å². The Morgan fingerprint density at radius 2 is 2.25 bits per heavy atom. The molecule has 0 fully saturated rings. The SMILES string of the molecule is COCCN(C)CCNS(=O)(=O)c1cnn(CCO)c1. The van der Waals surface area contributed by atoms with Gasteiger partial charge in [0.05, 0.1) is 26.0 Å². The van der Waals surface area contributed by atoms with Crippen LogP contribution in [0.1, 0.15) is 0 Å². The molecule has 20 heavy (non-hydrogen) atoms. The van der Waals surface area contributed by atoms with E-state index < -0.39 is 10.0 Å². The first kappa shape index (κ1) is 17.1. The molecule has 116 valence electrons. The lowest BCUT2D eigenvalue weighted by Crippen LogP contribution is -2.34. The molecule has 0 aliphatic heterocycles. The largest absolute Gasteiger partial charge is 0.394 e. The van der Waals surface area contributed by atoms with Crippen LogP contribution in [0.5, 0.6) is 0 Å². The molecule has 0 bridgehead atoms. The summed E-state index contributed by atoms with van der Waals surface area (Å²) in [5.41, 5.74) is 0. The number of ether oxygens (including phenoxy) is 1. The van der Waals surface area contributed by atoms with Crippen molar-refractivity contribution < 1.29 is 18.3 Å². The van der Waals surface area contributed by atoms with Crippen molar-refractivity contribution in [2.24, 2.45) is 0 Å². The number of nitrogens with one attached hydrogen (secondary N) is 1. The maximum atomic E-state index is 12.0. The lowest BCUT2D eigenvalue weighted by molar-refractivity contribution is 0.162. The van der Waals surface area contributed by atoms with Crippen LogP contribution in [-0.4, -0.2) is 75.2 Å². The predicted molar refractivity (Wildman–Crippen MR) is 73.9 cm³/mol. The molecule has 1 aromatic rings. The zero-order valence-electron chi connectivity index (χ0n) is 11.8. The second-order valence-corrected chi connectivity index (χ2v) is 6.12. The van der Waals surface area contributed by atoms with Gasteiger partial charge in [0.15, 0.2) is 0 Å². The first-order valence-electron chi connectivity index (χ1n) is 6.30. The van der Waals surface area contributed by atoms with Crippen molar-refractivity contribution >= 4 is 10.0 Å². The minimum Gasteiger partial charge on any atom is -0.394 e. The molecule has 0 saturated carbocycles. The highest BCUT2D eigenvalue weighted by Gasteiger charge is 2.16. The maximum Gasteiger partial charge on any atom is 0.243 e. The summed E-state index contributed by atoms with van der Waals surface area (Å²) in [5, 5.41) is 12.6. The molecular formula is C11H22N4O4S. The number of hydrogen-bond donors (Lipinski definition) is 2. The highest BCUT2D eigenvalue weighted by molar-refractivity contribution is 7.89.